The van der Waals surface area contributed by atoms with Crippen LogP contribution in [0.25, 0.3) is 0 Å². The zero-order valence-electron chi connectivity index (χ0n) is 8.69. The molecule has 0 bridgehead atoms. The Hall–Kier alpha value is -1.64. The van der Waals surface area contributed by atoms with E-state index in [1.54, 1.807) is 0 Å². The Balaban J connectivity index is 2.28. The fourth-order valence-electron chi connectivity index (χ4n) is 1.55. The van der Waals surface area contributed by atoms with Crippen LogP contribution in [0.5, 0.6) is 0 Å². The lowest BCUT2D eigenvalue weighted by Crippen LogP contribution is -2.46. The van der Waals surface area contributed by atoms with Crippen LogP contribution in [0.15, 0.2) is 18.2 Å². The van der Waals surface area contributed by atoms with Gasteiger partial charge in [0.25, 0.3) is 5.91 Å². The van der Waals surface area contributed by atoms with Crippen molar-refractivity contribution in [3.05, 3.63) is 29.0 Å². The highest BCUT2D eigenvalue weighted by Gasteiger charge is 2.27. The Morgan fingerprint density at radius 2 is 2.35 bits per heavy atom. The number of amides is 1. The molecule has 1 aliphatic heterocycles. The molecule has 2 rings (SSSR count). The predicted molar refractivity (Wildman–Crippen MR) is 59.1 cm³/mol. The van der Waals surface area contributed by atoms with Crippen molar-refractivity contribution in [3.63, 3.8) is 0 Å². The van der Waals surface area contributed by atoms with E-state index in [0.29, 0.717) is 5.69 Å². The Labute approximate surface area is 102 Å². The molecule has 1 heterocycles. The lowest BCUT2D eigenvalue weighted by atomic mass is 10.2. The smallest absolute Gasteiger partial charge is 0.253 e. The molecule has 1 aromatic rings. The lowest BCUT2D eigenvalue weighted by molar-refractivity contribution is -0.127. The van der Waals surface area contributed by atoms with Crippen LogP contribution in [0.3, 0.4) is 0 Å². The zero-order valence-corrected chi connectivity index (χ0v) is 9.45. The topological polar surface area (TPSA) is 53.3 Å². The number of nitriles is 1. The summed E-state index contributed by atoms with van der Waals surface area (Å²) in [6, 6.07) is 5.91. The van der Waals surface area contributed by atoms with Gasteiger partial charge in [-0.3, -0.25) is 4.79 Å². The van der Waals surface area contributed by atoms with Crippen LogP contribution < -0.4 is 4.90 Å². The SMILES string of the molecule is N#CC1CN(c2ccc(F)c(Cl)c2)C(=O)CO1. The van der Waals surface area contributed by atoms with Crippen LogP contribution >= 0.6 is 11.6 Å². The highest BCUT2D eigenvalue weighted by atomic mass is 35.5. The number of anilines is 1. The number of carbonyl (C=O) groups excluding carboxylic acids is 1. The van der Waals surface area contributed by atoms with E-state index in [1.807, 2.05) is 6.07 Å². The minimum Gasteiger partial charge on any atom is -0.352 e. The molecule has 0 aromatic heterocycles. The Kier molecular flexibility index (Phi) is 3.27. The average Bonchev–Trinajstić information content (AvgIpc) is 2.33. The highest BCUT2D eigenvalue weighted by molar-refractivity contribution is 6.31. The minimum absolute atomic E-state index is 0.0599. The molecule has 88 valence electrons. The van der Waals surface area contributed by atoms with Gasteiger partial charge in [0.1, 0.15) is 12.4 Å². The van der Waals surface area contributed by atoms with Crippen molar-refractivity contribution in [2.45, 2.75) is 6.10 Å². The summed E-state index contributed by atoms with van der Waals surface area (Å²) in [5.74, 6) is -0.827. The highest BCUT2D eigenvalue weighted by Crippen LogP contribution is 2.24. The van der Waals surface area contributed by atoms with Crippen LogP contribution in [-0.2, 0) is 9.53 Å². The summed E-state index contributed by atoms with van der Waals surface area (Å²) in [7, 11) is 0. The van der Waals surface area contributed by atoms with Crippen LogP contribution in [-0.4, -0.2) is 25.2 Å². The third kappa shape index (κ3) is 2.38. The van der Waals surface area contributed by atoms with Gasteiger partial charge in [0.2, 0.25) is 0 Å². The number of rotatable bonds is 1. The molecule has 0 saturated carbocycles. The number of carbonyl (C=O) groups is 1. The van der Waals surface area contributed by atoms with Crippen molar-refractivity contribution in [2.75, 3.05) is 18.1 Å². The Morgan fingerprint density at radius 1 is 1.59 bits per heavy atom. The molecule has 1 saturated heterocycles. The van der Waals surface area contributed by atoms with E-state index in [2.05, 4.69) is 0 Å². The fourth-order valence-corrected chi connectivity index (χ4v) is 1.73. The zero-order chi connectivity index (χ0) is 12.4. The number of hydrogen-bond donors (Lipinski definition) is 0. The summed E-state index contributed by atoms with van der Waals surface area (Å²) in [4.78, 5) is 13.0. The molecule has 17 heavy (non-hydrogen) atoms. The van der Waals surface area contributed by atoms with Crippen LogP contribution in [0.1, 0.15) is 0 Å². The summed E-state index contributed by atoms with van der Waals surface area (Å²) in [5.41, 5.74) is 0.463. The Morgan fingerprint density at radius 3 is 3.00 bits per heavy atom. The first kappa shape index (κ1) is 11.8. The molecular formula is C11H8ClFN2O2. The summed E-state index contributed by atoms with van der Waals surface area (Å²) in [6.07, 6.45) is -0.670. The standard InChI is InChI=1S/C11H8ClFN2O2/c12-9-3-7(1-2-10(9)13)15-5-8(4-14)17-6-11(15)16/h1-3,8H,5-6H2. The first-order chi connectivity index (χ1) is 8.11. The van der Waals surface area contributed by atoms with Crippen LogP contribution in [0.4, 0.5) is 10.1 Å². The second kappa shape index (κ2) is 4.70. The number of morpholine rings is 1. The van der Waals surface area contributed by atoms with Gasteiger partial charge >= 0.3 is 0 Å². The van der Waals surface area contributed by atoms with Gasteiger partial charge in [0, 0.05) is 5.69 Å². The maximum absolute atomic E-state index is 13.0. The van der Waals surface area contributed by atoms with Crippen molar-refractivity contribution >= 4 is 23.2 Å². The van der Waals surface area contributed by atoms with Crippen molar-refractivity contribution in [1.82, 2.24) is 0 Å². The molecule has 1 aromatic carbocycles. The maximum atomic E-state index is 13.0. The van der Waals surface area contributed by atoms with E-state index < -0.39 is 11.9 Å². The average molecular weight is 255 g/mol. The number of hydrogen-bond acceptors (Lipinski definition) is 3. The van der Waals surface area contributed by atoms with Gasteiger partial charge in [0.05, 0.1) is 17.6 Å². The van der Waals surface area contributed by atoms with Gasteiger partial charge < -0.3 is 9.64 Å². The minimum atomic E-state index is -0.670. The third-order valence-electron chi connectivity index (χ3n) is 2.42. The van der Waals surface area contributed by atoms with Crippen LogP contribution in [0.2, 0.25) is 5.02 Å². The van der Waals surface area contributed by atoms with Gasteiger partial charge in [-0.15, -0.1) is 0 Å². The number of benzene rings is 1. The molecule has 4 nitrogen and oxygen atoms in total. The summed E-state index contributed by atoms with van der Waals surface area (Å²) < 4.78 is 18.0. The normalized spacial score (nSPS) is 20.2. The lowest BCUT2D eigenvalue weighted by Gasteiger charge is -2.29. The number of nitrogens with zero attached hydrogens (tertiary/aromatic N) is 2. The third-order valence-corrected chi connectivity index (χ3v) is 2.71. The van der Waals surface area contributed by atoms with Crippen molar-refractivity contribution in [3.8, 4) is 6.07 Å². The molecule has 1 fully saturated rings. The molecule has 1 unspecified atom stereocenters. The first-order valence-electron chi connectivity index (χ1n) is 4.88. The van der Waals surface area contributed by atoms with E-state index >= 15 is 0 Å². The van der Waals surface area contributed by atoms with E-state index in [1.165, 1.54) is 23.1 Å². The molecule has 1 atom stereocenters. The fraction of sp³-hybridized carbons (Fsp3) is 0.273. The predicted octanol–water partition coefficient (Wildman–Crippen LogP) is 1.73. The van der Waals surface area contributed by atoms with Gasteiger partial charge in [-0.05, 0) is 18.2 Å². The van der Waals surface area contributed by atoms with Crippen molar-refractivity contribution in [1.29, 1.82) is 5.26 Å². The molecule has 0 aliphatic carbocycles. The van der Waals surface area contributed by atoms with Crippen molar-refractivity contribution < 1.29 is 13.9 Å². The Bertz CT molecular complexity index is 501. The van der Waals surface area contributed by atoms with E-state index in [0.717, 1.165) is 0 Å². The monoisotopic (exact) mass is 254 g/mol. The van der Waals surface area contributed by atoms with Gasteiger partial charge in [-0.1, -0.05) is 11.6 Å². The second-order valence-electron chi connectivity index (χ2n) is 3.53. The molecule has 1 aliphatic rings. The molecule has 0 radical (unpaired) electrons. The van der Waals surface area contributed by atoms with Crippen molar-refractivity contribution in [2.24, 2.45) is 0 Å². The summed E-state index contributed by atoms with van der Waals surface area (Å²) in [6.45, 7) is -0.0372. The van der Waals surface area contributed by atoms with Gasteiger partial charge in [0.15, 0.2) is 6.10 Å². The summed E-state index contributed by atoms with van der Waals surface area (Å²) in [5, 5.41) is 8.68. The maximum Gasteiger partial charge on any atom is 0.253 e. The molecule has 0 spiro atoms. The molecule has 1 amide bonds. The first-order valence-corrected chi connectivity index (χ1v) is 5.26. The largest absolute Gasteiger partial charge is 0.352 e. The summed E-state index contributed by atoms with van der Waals surface area (Å²) >= 11 is 5.64. The van der Waals surface area contributed by atoms with Gasteiger partial charge in [-0.2, -0.15) is 5.26 Å². The number of halogens is 2. The van der Waals surface area contributed by atoms with Gasteiger partial charge in [-0.25, -0.2) is 4.39 Å². The second-order valence-corrected chi connectivity index (χ2v) is 3.94. The molecule has 0 N–H and O–H groups in total. The number of ether oxygens (including phenoxy) is 1. The van der Waals surface area contributed by atoms with E-state index in [4.69, 9.17) is 21.6 Å². The molecule has 6 heteroatoms. The van der Waals surface area contributed by atoms with E-state index in [-0.39, 0.29) is 24.1 Å². The van der Waals surface area contributed by atoms with Crippen LogP contribution in [0, 0.1) is 17.1 Å². The quantitative estimate of drug-likeness (QED) is 0.767. The van der Waals surface area contributed by atoms with E-state index in [9.17, 15) is 9.18 Å². The molecular weight excluding hydrogens is 247 g/mol.